The number of thiazole rings is 1. The van der Waals surface area contributed by atoms with Crippen molar-refractivity contribution in [2.75, 3.05) is 5.32 Å². The second-order valence-electron chi connectivity index (χ2n) is 7.10. The van der Waals surface area contributed by atoms with E-state index in [-0.39, 0.29) is 5.91 Å². The van der Waals surface area contributed by atoms with Crippen LogP contribution in [-0.4, -0.2) is 25.7 Å². The van der Waals surface area contributed by atoms with E-state index < -0.39 is 0 Å². The highest BCUT2D eigenvalue weighted by molar-refractivity contribution is 7.21. The summed E-state index contributed by atoms with van der Waals surface area (Å²) in [5.41, 5.74) is 3.93. The lowest BCUT2D eigenvalue weighted by molar-refractivity contribution is -0.116. The standard InChI is InChI=1S/C24H19N5OS/c30-23(13-10-17-14-26-29(16-17)19-6-2-1-3-7-19)28-22-12-11-18(15-25-22)24-27-20-8-4-5-9-21(20)31-24/h1-9,11-12,14-16H,10,13H2,(H,25,28,30). The third kappa shape index (κ3) is 4.36. The average molecular weight is 426 g/mol. The number of aryl methyl sites for hydroxylation is 1. The number of anilines is 1. The third-order valence-electron chi connectivity index (χ3n) is 4.87. The van der Waals surface area contributed by atoms with Crippen molar-refractivity contribution in [3.63, 3.8) is 0 Å². The summed E-state index contributed by atoms with van der Waals surface area (Å²) in [5.74, 6) is 0.461. The molecule has 0 saturated heterocycles. The van der Waals surface area contributed by atoms with E-state index in [2.05, 4.69) is 26.4 Å². The molecule has 0 bridgehead atoms. The van der Waals surface area contributed by atoms with Gasteiger partial charge in [0.05, 0.1) is 22.1 Å². The average Bonchev–Trinajstić information content (AvgIpc) is 3.46. The molecular formula is C24H19N5OS. The molecule has 0 atom stereocenters. The van der Waals surface area contributed by atoms with Crippen LogP contribution >= 0.6 is 11.3 Å². The maximum Gasteiger partial charge on any atom is 0.225 e. The number of benzene rings is 2. The van der Waals surface area contributed by atoms with Crippen LogP contribution in [0.25, 0.3) is 26.5 Å². The number of rotatable bonds is 6. The Labute approximate surface area is 183 Å². The molecule has 152 valence electrons. The SMILES string of the molecule is O=C(CCc1cnn(-c2ccccc2)c1)Nc1ccc(-c2nc3ccccc3s2)cn1. The zero-order chi connectivity index (χ0) is 21.0. The fourth-order valence-corrected chi connectivity index (χ4v) is 4.22. The molecule has 0 aliphatic rings. The number of hydrogen-bond acceptors (Lipinski definition) is 5. The molecule has 0 fully saturated rings. The van der Waals surface area contributed by atoms with E-state index in [0.717, 1.165) is 32.0 Å². The first kappa shape index (κ1) is 19.1. The van der Waals surface area contributed by atoms with Gasteiger partial charge in [-0.2, -0.15) is 5.10 Å². The minimum atomic E-state index is -0.0762. The fraction of sp³-hybridized carbons (Fsp3) is 0.0833. The van der Waals surface area contributed by atoms with Gasteiger partial charge in [0.1, 0.15) is 10.8 Å². The number of carbonyl (C=O) groups excluding carboxylic acids is 1. The van der Waals surface area contributed by atoms with Crippen LogP contribution in [0.4, 0.5) is 5.82 Å². The van der Waals surface area contributed by atoms with Crippen molar-refractivity contribution in [3.05, 3.63) is 90.9 Å². The second kappa shape index (κ2) is 8.49. The summed E-state index contributed by atoms with van der Waals surface area (Å²) in [4.78, 5) is 21.4. The molecule has 31 heavy (non-hydrogen) atoms. The van der Waals surface area contributed by atoms with E-state index in [1.165, 1.54) is 0 Å². The van der Waals surface area contributed by atoms with Gasteiger partial charge in [-0.05, 0) is 48.4 Å². The van der Waals surface area contributed by atoms with Gasteiger partial charge in [-0.3, -0.25) is 4.79 Å². The summed E-state index contributed by atoms with van der Waals surface area (Å²) in [7, 11) is 0. The van der Waals surface area contributed by atoms with Gasteiger partial charge >= 0.3 is 0 Å². The predicted octanol–water partition coefficient (Wildman–Crippen LogP) is 5.12. The van der Waals surface area contributed by atoms with E-state index in [0.29, 0.717) is 18.7 Å². The maximum absolute atomic E-state index is 12.3. The van der Waals surface area contributed by atoms with Crippen molar-refractivity contribution in [1.29, 1.82) is 0 Å². The molecule has 1 amide bonds. The zero-order valence-electron chi connectivity index (χ0n) is 16.6. The van der Waals surface area contributed by atoms with Gasteiger partial charge in [0.15, 0.2) is 0 Å². The highest BCUT2D eigenvalue weighted by atomic mass is 32.1. The van der Waals surface area contributed by atoms with E-state index in [4.69, 9.17) is 0 Å². The maximum atomic E-state index is 12.3. The van der Waals surface area contributed by atoms with Crippen LogP contribution in [0.5, 0.6) is 0 Å². The summed E-state index contributed by atoms with van der Waals surface area (Å²) >= 11 is 1.63. The molecule has 6 nitrogen and oxygen atoms in total. The van der Waals surface area contributed by atoms with Gasteiger partial charge in [0, 0.05) is 24.4 Å². The topological polar surface area (TPSA) is 72.7 Å². The summed E-state index contributed by atoms with van der Waals surface area (Å²) < 4.78 is 2.96. The number of nitrogens with zero attached hydrogens (tertiary/aromatic N) is 4. The lowest BCUT2D eigenvalue weighted by atomic mass is 10.2. The monoisotopic (exact) mass is 425 g/mol. The number of fused-ring (bicyclic) bond motifs is 1. The number of nitrogens with one attached hydrogen (secondary N) is 1. The summed E-state index contributed by atoms with van der Waals surface area (Å²) in [5, 5.41) is 8.15. The number of carbonyl (C=O) groups is 1. The van der Waals surface area contributed by atoms with Gasteiger partial charge in [0.25, 0.3) is 0 Å². The fourth-order valence-electron chi connectivity index (χ4n) is 3.26. The molecule has 1 N–H and O–H groups in total. The minimum absolute atomic E-state index is 0.0762. The van der Waals surface area contributed by atoms with Crippen LogP contribution in [0, 0.1) is 0 Å². The first-order valence-electron chi connectivity index (χ1n) is 9.95. The molecular weight excluding hydrogens is 406 g/mol. The highest BCUT2D eigenvalue weighted by Crippen LogP contribution is 2.29. The Morgan fingerprint density at radius 2 is 1.81 bits per heavy atom. The van der Waals surface area contributed by atoms with Gasteiger partial charge < -0.3 is 5.32 Å². The van der Waals surface area contributed by atoms with Gasteiger partial charge in [-0.15, -0.1) is 11.3 Å². The van der Waals surface area contributed by atoms with E-state index in [9.17, 15) is 4.79 Å². The van der Waals surface area contributed by atoms with Crippen LogP contribution in [0.3, 0.4) is 0 Å². The lowest BCUT2D eigenvalue weighted by Crippen LogP contribution is -2.13. The number of hydrogen-bond donors (Lipinski definition) is 1. The molecule has 5 aromatic rings. The van der Waals surface area contributed by atoms with Crippen molar-refractivity contribution < 1.29 is 4.79 Å². The molecule has 0 unspecified atom stereocenters. The van der Waals surface area contributed by atoms with Crippen molar-refractivity contribution >= 4 is 33.3 Å². The Balaban J connectivity index is 1.18. The van der Waals surface area contributed by atoms with E-state index in [1.54, 1.807) is 23.7 Å². The number of amides is 1. The van der Waals surface area contributed by atoms with Crippen molar-refractivity contribution in [2.24, 2.45) is 0 Å². The van der Waals surface area contributed by atoms with Crippen LogP contribution in [0.1, 0.15) is 12.0 Å². The molecule has 0 aliphatic heterocycles. The van der Waals surface area contributed by atoms with Crippen LogP contribution in [-0.2, 0) is 11.2 Å². The van der Waals surface area contributed by atoms with Crippen molar-refractivity contribution in [2.45, 2.75) is 12.8 Å². The highest BCUT2D eigenvalue weighted by Gasteiger charge is 2.09. The number of pyridine rings is 1. The Hall–Kier alpha value is -3.84. The lowest BCUT2D eigenvalue weighted by Gasteiger charge is -2.04. The van der Waals surface area contributed by atoms with Gasteiger partial charge in [-0.1, -0.05) is 30.3 Å². The molecule has 2 aromatic carbocycles. The first-order valence-corrected chi connectivity index (χ1v) is 10.8. The smallest absolute Gasteiger partial charge is 0.225 e. The molecule has 3 aromatic heterocycles. The van der Waals surface area contributed by atoms with E-state index in [1.807, 2.05) is 71.5 Å². The van der Waals surface area contributed by atoms with Gasteiger partial charge in [-0.25, -0.2) is 14.6 Å². The van der Waals surface area contributed by atoms with Crippen LogP contribution < -0.4 is 5.32 Å². The quantitative estimate of drug-likeness (QED) is 0.410. The molecule has 0 saturated carbocycles. The Morgan fingerprint density at radius 3 is 2.61 bits per heavy atom. The summed E-state index contributed by atoms with van der Waals surface area (Å²) in [6.45, 7) is 0. The Bertz CT molecular complexity index is 1290. The number of para-hydroxylation sites is 2. The summed E-state index contributed by atoms with van der Waals surface area (Å²) in [6.07, 6.45) is 6.47. The predicted molar refractivity (Wildman–Crippen MR) is 123 cm³/mol. The Kier molecular flexibility index (Phi) is 5.24. The summed E-state index contributed by atoms with van der Waals surface area (Å²) in [6, 6.07) is 21.7. The van der Waals surface area contributed by atoms with Crippen molar-refractivity contribution in [3.8, 4) is 16.3 Å². The Morgan fingerprint density at radius 1 is 0.968 bits per heavy atom. The molecule has 0 aliphatic carbocycles. The number of aromatic nitrogens is 4. The molecule has 0 spiro atoms. The molecule has 3 heterocycles. The van der Waals surface area contributed by atoms with Crippen LogP contribution in [0.2, 0.25) is 0 Å². The van der Waals surface area contributed by atoms with E-state index >= 15 is 0 Å². The first-order chi connectivity index (χ1) is 15.2. The van der Waals surface area contributed by atoms with Gasteiger partial charge in [0.2, 0.25) is 5.91 Å². The molecule has 5 rings (SSSR count). The third-order valence-corrected chi connectivity index (χ3v) is 5.95. The molecule has 0 radical (unpaired) electrons. The minimum Gasteiger partial charge on any atom is -0.311 e. The second-order valence-corrected chi connectivity index (χ2v) is 8.13. The zero-order valence-corrected chi connectivity index (χ0v) is 17.4. The van der Waals surface area contributed by atoms with Crippen molar-refractivity contribution in [1.82, 2.24) is 19.7 Å². The normalized spacial score (nSPS) is 11.0. The molecule has 7 heteroatoms. The van der Waals surface area contributed by atoms with Crippen LogP contribution in [0.15, 0.2) is 85.3 Å². The largest absolute Gasteiger partial charge is 0.311 e.